The van der Waals surface area contributed by atoms with Crippen LogP contribution in [0.2, 0.25) is 0 Å². The van der Waals surface area contributed by atoms with Crippen LogP contribution in [0.5, 0.6) is 0 Å². The Labute approximate surface area is 130 Å². The third-order valence-electron chi connectivity index (χ3n) is 3.75. The van der Waals surface area contributed by atoms with Gasteiger partial charge in [-0.15, -0.1) is 11.3 Å². The quantitative estimate of drug-likeness (QED) is 0.767. The van der Waals surface area contributed by atoms with E-state index in [0.29, 0.717) is 0 Å². The number of thioether (sulfide) groups is 1. The van der Waals surface area contributed by atoms with E-state index < -0.39 is 0 Å². The fourth-order valence-electron chi connectivity index (χ4n) is 2.59. The number of carbonyl (C=O) groups excluding carboxylic acids is 1. The van der Waals surface area contributed by atoms with Crippen molar-refractivity contribution in [2.24, 2.45) is 5.92 Å². The number of fused-ring (bicyclic) bond motifs is 1. The van der Waals surface area contributed by atoms with Gasteiger partial charge in [-0.05, 0) is 55.1 Å². The van der Waals surface area contributed by atoms with E-state index in [4.69, 9.17) is 0 Å². The van der Waals surface area contributed by atoms with Gasteiger partial charge in [-0.25, -0.2) is 0 Å². The summed E-state index contributed by atoms with van der Waals surface area (Å²) in [5, 5.41) is 5.14. The standard InChI is InChI=1S/C16H25NOS2/c1-3-8-19-9-4-7-17-16(18)14-11-20-15-10-12(2)5-6-13(14)15/h11-12H,3-10H2,1-2H3,(H,17,18). The van der Waals surface area contributed by atoms with Gasteiger partial charge in [0.05, 0.1) is 5.56 Å². The van der Waals surface area contributed by atoms with E-state index in [1.165, 1.54) is 29.0 Å². The zero-order valence-corrected chi connectivity index (χ0v) is 14.2. The normalized spacial score (nSPS) is 17.8. The zero-order chi connectivity index (χ0) is 14.4. The van der Waals surface area contributed by atoms with Crippen LogP contribution in [0.15, 0.2) is 5.38 Å². The van der Waals surface area contributed by atoms with Gasteiger partial charge in [-0.1, -0.05) is 13.8 Å². The summed E-state index contributed by atoms with van der Waals surface area (Å²) in [6, 6.07) is 0. The summed E-state index contributed by atoms with van der Waals surface area (Å²) in [5.41, 5.74) is 2.27. The molecule has 1 aromatic rings. The maximum absolute atomic E-state index is 12.2. The molecule has 0 radical (unpaired) electrons. The van der Waals surface area contributed by atoms with Crippen molar-refractivity contribution in [3.8, 4) is 0 Å². The van der Waals surface area contributed by atoms with E-state index in [2.05, 4.69) is 24.5 Å². The molecular weight excluding hydrogens is 286 g/mol. The van der Waals surface area contributed by atoms with Crippen LogP contribution < -0.4 is 5.32 Å². The average molecular weight is 312 g/mol. The largest absolute Gasteiger partial charge is 0.352 e. The Kier molecular flexibility index (Phi) is 6.43. The number of thiophene rings is 1. The summed E-state index contributed by atoms with van der Waals surface area (Å²) in [5.74, 6) is 3.28. The second-order valence-electron chi connectivity index (χ2n) is 5.62. The minimum Gasteiger partial charge on any atom is -0.352 e. The Morgan fingerprint density at radius 2 is 2.35 bits per heavy atom. The van der Waals surface area contributed by atoms with Gasteiger partial charge < -0.3 is 5.32 Å². The molecule has 1 aliphatic carbocycles. The third kappa shape index (κ3) is 4.26. The SMILES string of the molecule is CCCSCCCNC(=O)c1csc2c1CCC(C)C2. The highest BCUT2D eigenvalue weighted by atomic mass is 32.2. The molecule has 1 aliphatic rings. The van der Waals surface area contributed by atoms with E-state index in [1.54, 1.807) is 11.3 Å². The molecule has 0 fully saturated rings. The van der Waals surface area contributed by atoms with Crippen LogP contribution in [0.3, 0.4) is 0 Å². The molecule has 0 spiro atoms. The number of hydrogen-bond acceptors (Lipinski definition) is 3. The number of nitrogens with one attached hydrogen (secondary N) is 1. The van der Waals surface area contributed by atoms with Gasteiger partial charge in [0.15, 0.2) is 0 Å². The van der Waals surface area contributed by atoms with Crippen molar-refractivity contribution in [1.29, 1.82) is 0 Å². The van der Waals surface area contributed by atoms with Crippen molar-refractivity contribution in [2.75, 3.05) is 18.1 Å². The molecule has 2 rings (SSSR count). The van der Waals surface area contributed by atoms with Crippen LogP contribution in [0, 0.1) is 5.92 Å². The summed E-state index contributed by atoms with van der Waals surface area (Å²) in [6.45, 7) is 5.31. The van der Waals surface area contributed by atoms with Crippen LogP contribution in [0.4, 0.5) is 0 Å². The summed E-state index contributed by atoms with van der Waals surface area (Å²) < 4.78 is 0. The first-order valence-electron chi connectivity index (χ1n) is 7.67. The molecule has 0 aromatic carbocycles. The van der Waals surface area contributed by atoms with Crippen molar-refractivity contribution in [1.82, 2.24) is 5.32 Å². The lowest BCUT2D eigenvalue weighted by molar-refractivity contribution is 0.0953. The van der Waals surface area contributed by atoms with Gasteiger partial charge in [-0.2, -0.15) is 11.8 Å². The molecule has 2 nitrogen and oxygen atoms in total. The van der Waals surface area contributed by atoms with E-state index in [0.717, 1.165) is 43.0 Å². The fourth-order valence-corrected chi connectivity index (χ4v) is 4.67. The first kappa shape index (κ1) is 15.9. The van der Waals surface area contributed by atoms with E-state index >= 15 is 0 Å². The highest BCUT2D eigenvalue weighted by Gasteiger charge is 2.22. The van der Waals surface area contributed by atoms with E-state index in [-0.39, 0.29) is 5.91 Å². The van der Waals surface area contributed by atoms with Crippen LogP contribution in [0.25, 0.3) is 0 Å². The van der Waals surface area contributed by atoms with E-state index in [9.17, 15) is 4.79 Å². The minimum absolute atomic E-state index is 0.137. The Morgan fingerprint density at radius 1 is 1.50 bits per heavy atom. The maximum Gasteiger partial charge on any atom is 0.252 e. The van der Waals surface area contributed by atoms with Gasteiger partial charge in [0, 0.05) is 16.8 Å². The van der Waals surface area contributed by atoms with Gasteiger partial charge in [0.1, 0.15) is 0 Å². The fraction of sp³-hybridized carbons (Fsp3) is 0.688. The summed E-state index contributed by atoms with van der Waals surface area (Å²) in [4.78, 5) is 13.7. The maximum atomic E-state index is 12.2. The van der Waals surface area contributed by atoms with Crippen LogP contribution in [0.1, 0.15) is 53.9 Å². The predicted octanol–water partition coefficient (Wildman–Crippen LogP) is 4.14. The minimum atomic E-state index is 0.137. The van der Waals surface area contributed by atoms with Crippen LogP contribution >= 0.6 is 23.1 Å². The molecule has 112 valence electrons. The molecule has 0 aliphatic heterocycles. The van der Waals surface area contributed by atoms with Crippen LogP contribution in [-0.2, 0) is 12.8 Å². The van der Waals surface area contributed by atoms with E-state index in [1.807, 2.05) is 11.8 Å². The zero-order valence-electron chi connectivity index (χ0n) is 12.5. The second-order valence-corrected chi connectivity index (χ2v) is 7.81. The molecule has 0 bridgehead atoms. The molecule has 20 heavy (non-hydrogen) atoms. The molecule has 1 atom stereocenters. The smallest absolute Gasteiger partial charge is 0.252 e. The third-order valence-corrected chi connectivity index (χ3v) is 6.07. The molecule has 1 unspecified atom stereocenters. The van der Waals surface area contributed by atoms with Crippen molar-refractivity contribution in [3.63, 3.8) is 0 Å². The molecular formula is C16H25NOS2. The molecule has 1 aromatic heterocycles. The highest BCUT2D eigenvalue weighted by Crippen LogP contribution is 2.32. The lowest BCUT2D eigenvalue weighted by Crippen LogP contribution is -2.26. The Bertz CT molecular complexity index is 442. The molecule has 1 N–H and O–H groups in total. The lowest BCUT2D eigenvalue weighted by Gasteiger charge is -2.18. The summed E-state index contributed by atoms with van der Waals surface area (Å²) in [7, 11) is 0. The molecule has 1 amide bonds. The van der Waals surface area contributed by atoms with Crippen molar-refractivity contribution >= 4 is 29.0 Å². The van der Waals surface area contributed by atoms with Crippen LogP contribution in [-0.4, -0.2) is 24.0 Å². The topological polar surface area (TPSA) is 29.1 Å². The Hall–Kier alpha value is -0.480. The molecule has 1 heterocycles. The second kappa shape index (κ2) is 8.08. The Morgan fingerprint density at radius 3 is 3.15 bits per heavy atom. The number of hydrogen-bond donors (Lipinski definition) is 1. The molecule has 4 heteroatoms. The number of carbonyl (C=O) groups is 1. The van der Waals surface area contributed by atoms with Gasteiger partial charge in [-0.3, -0.25) is 4.79 Å². The predicted molar refractivity (Wildman–Crippen MR) is 90.1 cm³/mol. The van der Waals surface area contributed by atoms with Crippen molar-refractivity contribution in [2.45, 2.75) is 46.0 Å². The average Bonchev–Trinajstić information content (AvgIpc) is 2.85. The van der Waals surface area contributed by atoms with Gasteiger partial charge >= 0.3 is 0 Å². The first-order chi connectivity index (χ1) is 9.72. The summed E-state index contributed by atoms with van der Waals surface area (Å²) >= 11 is 3.75. The first-order valence-corrected chi connectivity index (χ1v) is 9.71. The highest BCUT2D eigenvalue weighted by molar-refractivity contribution is 7.99. The molecule has 0 saturated carbocycles. The monoisotopic (exact) mass is 311 g/mol. The van der Waals surface area contributed by atoms with Crippen molar-refractivity contribution < 1.29 is 4.79 Å². The summed E-state index contributed by atoms with van der Waals surface area (Å²) in [6.07, 6.45) is 5.75. The number of rotatable bonds is 7. The van der Waals surface area contributed by atoms with Gasteiger partial charge in [0.25, 0.3) is 5.91 Å². The number of amides is 1. The lowest BCUT2D eigenvalue weighted by atomic mass is 9.88. The van der Waals surface area contributed by atoms with Gasteiger partial charge in [0.2, 0.25) is 0 Å². The Balaban J connectivity index is 1.79. The van der Waals surface area contributed by atoms with Crippen molar-refractivity contribution in [3.05, 3.63) is 21.4 Å². The molecule has 0 saturated heterocycles.